The Kier molecular flexibility index (Phi) is 8.41. The van der Waals surface area contributed by atoms with Crippen LogP contribution >= 0.6 is 0 Å². The molecule has 2 aliphatic rings. The molecule has 0 amide bonds. The van der Waals surface area contributed by atoms with Gasteiger partial charge in [-0.1, -0.05) is 83.8 Å². The highest BCUT2D eigenvalue weighted by Crippen LogP contribution is 2.44. The molecule has 0 aromatic heterocycles. The largest absolute Gasteiger partial charge is 0.369 e. The molecule has 2 aliphatic carbocycles. The molecular formula is C23H49B2N2Si. The zero-order chi connectivity index (χ0) is 21.2. The highest BCUT2D eigenvalue weighted by atomic mass is 28.3. The lowest BCUT2D eigenvalue weighted by Crippen LogP contribution is -2.68. The summed E-state index contributed by atoms with van der Waals surface area (Å²) in [6.45, 7) is 22.8. The lowest BCUT2D eigenvalue weighted by Gasteiger charge is -2.54. The Bertz CT molecular complexity index is 434. The van der Waals surface area contributed by atoms with E-state index in [0.717, 1.165) is 18.5 Å². The van der Waals surface area contributed by atoms with Crippen molar-refractivity contribution >= 4 is 22.6 Å². The monoisotopic (exact) mass is 403 g/mol. The van der Waals surface area contributed by atoms with Crippen LogP contribution in [0.25, 0.3) is 0 Å². The van der Waals surface area contributed by atoms with Gasteiger partial charge in [0.25, 0.3) is 7.55 Å². The van der Waals surface area contributed by atoms with Crippen LogP contribution in [0.1, 0.15) is 106 Å². The van der Waals surface area contributed by atoms with Crippen molar-refractivity contribution in [1.29, 1.82) is 0 Å². The summed E-state index contributed by atoms with van der Waals surface area (Å²) in [6, 6.07) is 0. The molecule has 2 fully saturated rings. The summed E-state index contributed by atoms with van der Waals surface area (Å²) in [5, 5.41) is 0. The molecule has 0 spiro atoms. The molecule has 2 saturated carbocycles. The fourth-order valence-corrected chi connectivity index (χ4v) is 8.45. The minimum atomic E-state index is -1.47. The van der Waals surface area contributed by atoms with Crippen molar-refractivity contribution in [3.05, 3.63) is 0 Å². The van der Waals surface area contributed by atoms with Crippen LogP contribution in [0.15, 0.2) is 0 Å². The van der Waals surface area contributed by atoms with E-state index in [4.69, 9.17) is 0 Å². The van der Waals surface area contributed by atoms with Crippen LogP contribution in [-0.4, -0.2) is 42.9 Å². The van der Waals surface area contributed by atoms with Crippen molar-refractivity contribution in [3.63, 3.8) is 0 Å². The van der Waals surface area contributed by atoms with Gasteiger partial charge in [0, 0.05) is 0 Å². The summed E-state index contributed by atoms with van der Waals surface area (Å²) in [7, 11) is 1.15. The van der Waals surface area contributed by atoms with E-state index in [9.17, 15) is 0 Å². The third-order valence-corrected chi connectivity index (χ3v) is 9.28. The third kappa shape index (κ3) is 6.64. The Balaban J connectivity index is 2.39. The van der Waals surface area contributed by atoms with Crippen LogP contribution < -0.4 is 0 Å². The maximum atomic E-state index is 2.86. The Hall–Kier alpha value is 0.267. The van der Waals surface area contributed by atoms with Crippen LogP contribution in [-0.2, 0) is 0 Å². The summed E-state index contributed by atoms with van der Waals surface area (Å²) < 4.78 is 5.63. The lowest BCUT2D eigenvalue weighted by atomic mass is 9.35. The van der Waals surface area contributed by atoms with Crippen molar-refractivity contribution in [2.75, 3.05) is 0 Å². The van der Waals surface area contributed by atoms with Gasteiger partial charge < -0.3 is 9.20 Å². The van der Waals surface area contributed by atoms with Crippen LogP contribution in [0.2, 0.25) is 31.3 Å². The topological polar surface area (TPSA) is 6.48 Å². The molecule has 2 rings (SSSR count). The maximum absolute atomic E-state index is 2.86. The summed E-state index contributed by atoms with van der Waals surface area (Å²) in [5.41, 5.74) is 0.348. The van der Waals surface area contributed by atoms with Gasteiger partial charge in [-0.2, -0.15) is 0 Å². The van der Waals surface area contributed by atoms with E-state index in [2.05, 4.69) is 77.9 Å². The predicted molar refractivity (Wildman–Crippen MR) is 132 cm³/mol. The zero-order valence-electron chi connectivity index (χ0n) is 20.8. The average Bonchev–Trinajstić information content (AvgIpc) is 2.56. The Morgan fingerprint density at radius 1 is 0.679 bits per heavy atom. The van der Waals surface area contributed by atoms with Crippen LogP contribution in [0.3, 0.4) is 0 Å². The first-order valence-corrected chi connectivity index (χ1v) is 15.7. The van der Waals surface area contributed by atoms with Gasteiger partial charge in [-0.15, -0.1) is 0 Å². The highest BCUT2D eigenvalue weighted by molar-refractivity contribution is 6.81. The van der Waals surface area contributed by atoms with Gasteiger partial charge >= 0.3 is 0 Å². The van der Waals surface area contributed by atoms with E-state index in [1.54, 1.807) is 0 Å². The molecule has 2 nitrogen and oxygen atoms in total. The minimum absolute atomic E-state index is 0.169. The molecule has 0 aliphatic heterocycles. The molecule has 0 saturated heterocycles. The smallest absolute Gasteiger partial charge is 0.294 e. The zero-order valence-corrected chi connectivity index (χ0v) is 21.8. The van der Waals surface area contributed by atoms with E-state index in [1.165, 1.54) is 64.2 Å². The molecule has 5 heteroatoms. The number of rotatable bonds is 6. The molecule has 0 aromatic carbocycles. The standard InChI is InChI=1S/C23H49B2N2Si/c1-22(2,3)26(24-27(23(4,5)6)28(7,8)9)25(20-16-12-10-13-17-20)21-18-14-11-15-19-21/h20-21H,10-19H2,1-9H3. The van der Waals surface area contributed by atoms with Gasteiger partial charge in [0.05, 0.1) is 0 Å². The van der Waals surface area contributed by atoms with E-state index in [1.807, 2.05) is 0 Å². The second kappa shape index (κ2) is 9.60. The molecular weight excluding hydrogens is 354 g/mol. The second-order valence-electron chi connectivity index (χ2n) is 12.7. The summed E-state index contributed by atoms with van der Waals surface area (Å²) in [5.74, 6) is 1.77. The molecule has 28 heavy (non-hydrogen) atoms. The van der Waals surface area contributed by atoms with Gasteiger partial charge in [0.1, 0.15) is 8.24 Å². The van der Waals surface area contributed by atoms with E-state index < -0.39 is 8.24 Å². The summed E-state index contributed by atoms with van der Waals surface area (Å²) in [6.07, 6.45) is 14.5. The van der Waals surface area contributed by atoms with E-state index >= 15 is 0 Å². The maximum Gasteiger partial charge on any atom is 0.294 e. The second-order valence-corrected chi connectivity index (χ2v) is 17.5. The molecule has 0 bridgehead atoms. The van der Waals surface area contributed by atoms with Crippen molar-refractivity contribution in [3.8, 4) is 0 Å². The molecule has 0 unspecified atom stereocenters. The SMILES string of the molecule is CC(C)(C)N([B]N(C(C)(C)C)[Si](C)(C)C)B(C1CCCCC1)C1CCCCC1. The summed E-state index contributed by atoms with van der Waals surface area (Å²) >= 11 is 0. The first-order valence-electron chi connectivity index (χ1n) is 12.2. The fraction of sp³-hybridized carbons (Fsp3) is 1.00. The Morgan fingerprint density at radius 2 is 1.07 bits per heavy atom. The quantitative estimate of drug-likeness (QED) is 0.432. The van der Waals surface area contributed by atoms with E-state index in [0.29, 0.717) is 0 Å². The number of hydrogen-bond acceptors (Lipinski definition) is 2. The molecule has 0 heterocycles. The first kappa shape index (κ1) is 24.5. The molecule has 0 N–H and O–H groups in total. The highest BCUT2D eigenvalue weighted by Gasteiger charge is 2.46. The van der Waals surface area contributed by atoms with Crippen molar-refractivity contribution in [1.82, 2.24) is 9.20 Å². The van der Waals surface area contributed by atoms with Crippen molar-refractivity contribution < 1.29 is 0 Å². The summed E-state index contributed by atoms with van der Waals surface area (Å²) in [4.78, 5) is 0. The van der Waals surface area contributed by atoms with Gasteiger partial charge in [-0.25, -0.2) is 0 Å². The predicted octanol–water partition coefficient (Wildman–Crippen LogP) is 7.22. The van der Waals surface area contributed by atoms with Gasteiger partial charge in [0.2, 0.25) is 6.85 Å². The van der Waals surface area contributed by atoms with Crippen LogP contribution in [0, 0.1) is 0 Å². The van der Waals surface area contributed by atoms with Crippen molar-refractivity contribution in [2.24, 2.45) is 0 Å². The van der Waals surface area contributed by atoms with E-state index in [-0.39, 0.29) is 11.1 Å². The Labute approximate surface area is 180 Å². The first-order chi connectivity index (χ1) is 12.8. The van der Waals surface area contributed by atoms with Gasteiger partial charge in [-0.3, -0.25) is 0 Å². The molecule has 0 atom stereocenters. The van der Waals surface area contributed by atoms with Gasteiger partial charge in [-0.05, 0) is 64.3 Å². The van der Waals surface area contributed by atoms with Crippen molar-refractivity contribution in [2.45, 2.75) is 148 Å². The number of nitrogens with zero attached hydrogens (tertiary/aromatic N) is 2. The Morgan fingerprint density at radius 3 is 1.36 bits per heavy atom. The number of hydrogen-bond donors (Lipinski definition) is 0. The molecule has 161 valence electrons. The lowest BCUT2D eigenvalue weighted by molar-refractivity contribution is 0.292. The minimum Gasteiger partial charge on any atom is -0.369 e. The normalized spacial score (nSPS) is 21.4. The van der Waals surface area contributed by atoms with Crippen LogP contribution in [0.4, 0.5) is 0 Å². The van der Waals surface area contributed by atoms with Crippen LogP contribution in [0.5, 0.6) is 0 Å². The third-order valence-electron chi connectivity index (χ3n) is 7.05. The fourth-order valence-electron chi connectivity index (χ4n) is 5.96. The molecule has 0 aromatic rings. The van der Waals surface area contributed by atoms with Gasteiger partial charge in [0.15, 0.2) is 0 Å². The average molecular weight is 403 g/mol. The molecule has 1 radical (unpaired) electrons.